The molecule has 2 heteroatoms. The Kier molecular flexibility index (Phi) is 5.32. The van der Waals surface area contributed by atoms with Crippen LogP contribution in [-0.2, 0) is 6.42 Å². The van der Waals surface area contributed by atoms with Gasteiger partial charge < -0.3 is 5.32 Å². The van der Waals surface area contributed by atoms with Gasteiger partial charge in [-0.3, -0.25) is 0 Å². The molecule has 0 saturated carbocycles. The first-order valence-electron chi connectivity index (χ1n) is 5.56. The van der Waals surface area contributed by atoms with E-state index in [2.05, 4.69) is 42.6 Å². The number of benzene rings is 1. The van der Waals surface area contributed by atoms with E-state index < -0.39 is 0 Å². The molecule has 1 rings (SSSR count). The van der Waals surface area contributed by atoms with Crippen LogP contribution in [0.3, 0.4) is 0 Å². The van der Waals surface area contributed by atoms with E-state index in [0.717, 1.165) is 25.8 Å². The molecule has 0 aromatic heterocycles. The predicted octanol–water partition coefficient (Wildman–Crippen LogP) is 3.35. The Balaban J connectivity index is 2.23. The lowest BCUT2D eigenvalue weighted by atomic mass is 10.1. The van der Waals surface area contributed by atoms with Gasteiger partial charge >= 0.3 is 0 Å². The van der Waals surface area contributed by atoms with Crippen molar-refractivity contribution in [2.45, 2.75) is 32.6 Å². The fourth-order valence-electron chi connectivity index (χ4n) is 1.42. The third-order valence-corrected chi connectivity index (χ3v) is 2.41. The van der Waals surface area contributed by atoms with Gasteiger partial charge in [-0.25, -0.2) is 0 Å². The van der Waals surface area contributed by atoms with Gasteiger partial charge in [0.2, 0.25) is 0 Å². The van der Waals surface area contributed by atoms with Crippen molar-refractivity contribution in [3.8, 4) is 6.07 Å². The summed E-state index contributed by atoms with van der Waals surface area (Å²) < 4.78 is 0. The van der Waals surface area contributed by atoms with E-state index in [9.17, 15) is 0 Å². The van der Waals surface area contributed by atoms with Gasteiger partial charge in [0, 0.05) is 18.7 Å². The zero-order valence-electron chi connectivity index (χ0n) is 9.29. The van der Waals surface area contributed by atoms with Crippen LogP contribution in [0.15, 0.2) is 24.3 Å². The Morgan fingerprint density at radius 3 is 2.53 bits per heavy atom. The highest BCUT2D eigenvalue weighted by atomic mass is 14.9. The number of rotatable bonds is 6. The fourth-order valence-corrected chi connectivity index (χ4v) is 1.42. The van der Waals surface area contributed by atoms with Crippen LogP contribution in [0.4, 0.5) is 5.69 Å². The van der Waals surface area contributed by atoms with Gasteiger partial charge in [-0.05, 0) is 37.0 Å². The van der Waals surface area contributed by atoms with E-state index in [1.54, 1.807) is 0 Å². The molecule has 0 radical (unpaired) electrons. The molecular formula is C13H18N2. The lowest BCUT2D eigenvalue weighted by Crippen LogP contribution is -2.01. The summed E-state index contributed by atoms with van der Waals surface area (Å²) in [6, 6.07) is 10.7. The molecule has 1 aromatic carbocycles. The summed E-state index contributed by atoms with van der Waals surface area (Å²) >= 11 is 0. The molecule has 0 aliphatic rings. The highest BCUT2D eigenvalue weighted by molar-refractivity contribution is 5.44. The van der Waals surface area contributed by atoms with Crippen LogP contribution >= 0.6 is 0 Å². The van der Waals surface area contributed by atoms with Crippen LogP contribution in [0.2, 0.25) is 0 Å². The first-order valence-corrected chi connectivity index (χ1v) is 5.56. The highest BCUT2D eigenvalue weighted by Crippen LogP contribution is 2.10. The number of nitriles is 1. The molecule has 0 heterocycles. The summed E-state index contributed by atoms with van der Waals surface area (Å²) in [5.41, 5.74) is 2.54. The van der Waals surface area contributed by atoms with Crippen LogP contribution < -0.4 is 5.32 Å². The Morgan fingerprint density at radius 1 is 1.20 bits per heavy atom. The first kappa shape index (κ1) is 11.6. The van der Waals surface area contributed by atoms with E-state index in [4.69, 9.17) is 5.26 Å². The van der Waals surface area contributed by atoms with E-state index in [1.165, 1.54) is 11.3 Å². The molecule has 0 fully saturated rings. The van der Waals surface area contributed by atoms with Gasteiger partial charge in [0.25, 0.3) is 0 Å². The summed E-state index contributed by atoms with van der Waals surface area (Å²) in [6.07, 6.45) is 3.79. The minimum atomic E-state index is 0.663. The number of nitrogens with zero attached hydrogens (tertiary/aromatic N) is 1. The van der Waals surface area contributed by atoms with Crippen LogP contribution in [-0.4, -0.2) is 6.54 Å². The van der Waals surface area contributed by atoms with Crippen molar-refractivity contribution in [1.29, 1.82) is 5.26 Å². The van der Waals surface area contributed by atoms with Crippen LogP contribution in [0, 0.1) is 11.3 Å². The van der Waals surface area contributed by atoms with Crippen LogP contribution in [0.5, 0.6) is 0 Å². The molecule has 0 spiro atoms. The maximum Gasteiger partial charge on any atom is 0.0621 e. The van der Waals surface area contributed by atoms with Crippen molar-refractivity contribution >= 4 is 5.69 Å². The second-order valence-electron chi connectivity index (χ2n) is 3.59. The van der Waals surface area contributed by atoms with Crippen molar-refractivity contribution in [3.05, 3.63) is 29.8 Å². The van der Waals surface area contributed by atoms with Gasteiger partial charge in [0.1, 0.15) is 0 Å². The number of nitrogens with one attached hydrogen (secondary N) is 1. The lowest BCUT2D eigenvalue weighted by molar-refractivity contribution is 0.784. The molecule has 1 N–H and O–H groups in total. The Morgan fingerprint density at radius 2 is 1.93 bits per heavy atom. The predicted molar refractivity (Wildman–Crippen MR) is 63.8 cm³/mol. The van der Waals surface area contributed by atoms with Gasteiger partial charge in [0.05, 0.1) is 6.07 Å². The molecule has 0 atom stereocenters. The summed E-state index contributed by atoms with van der Waals surface area (Å²) in [6.45, 7) is 3.11. The van der Waals surface area contributed by atoms with Gasteiger partial charge in [0.15, 0.2) is 0 Å². The lowest BCUT2D eigenvalue weighted by Gasteiger charge is -2.05. The maximum absolute atomic E-state index is 8.37. The molecular weight excluding hydrogens is 184 g/mol. The van der Waals surface area contributed by atoms with E-state index >= 15 is 0 Å². The number of hydrogen-bond acceptors (Lipinski definition) is 2. The van der Waals surface area contributed by atoms with E-state index in [0.29, 0.717) is 6.42 Å². The Labute approximate surface area is 91.9 Å². The molecule has 0 amide bonds. The van der Waals surface area contributed by atoms with Crippen molar-refractivity contribution in [2.24, 2.45) is 0 Å². The third kappa shape index (κ3) is 4.51. The van der Waals surface area contributed by atoms with Crippen LogP contribution in [0.1, 0.15) is 31.7 Å². The molecule has 1 aromatic rings. The topological polar surface area (TPSA) is 35.8 Å². The summed E-state index contributed by atoms with van der Waals surface area (Å²) in [5, 5.41) is 11.7. The monoisotopic (exact) mass is 202 g/mol. The van der Waals surface area contributed by atoms with Crippen LogP contribution in [0.25, 0.3) is 0 Å². The number of hydrogen-bond donors (Lipinski definition) is 1. The minimum Gasteiger partial charge on any atom is -0.385 e. The fraction of sp³-hybridized carbons (Fsp3) is 0.462. The molecule has 0 aliphatic carbocycles. The van der Waals surface area contributed by atoms with E-state index in [-0.39, 0.29) is 0 Å². The summed E-state index contributed by atoms with van der Waals surface area (Å²) in [4.78, 5) is 0. The number of aryl methyl sites for hydroxylation is 1. The molecule has 0 bridgehead atoms. The standard InChI is InChI=1S/C13H18N2/c1-2-12-6-8-13(9-7-12)15-11-5-3-4-10-14/h6-9,15H,2-5,11H2,1H3. The Bertz CT molecular complexity index is 308. The zero-order chi connectivity index (χ0) is 10.9. The molecule has 0 unspecified atom stereocenters. The van der Waals surface area contributed by atoms with Crippen molar-refractivity contribution in [2.75, 3.05) is 11.9 Å². The SMILES string of the molecule is CCc1ccc(NCCCCC#N)cc1. The quantitative estimate of drug-likeness (QED) is 0.718. The summed E-state index contributed by atoms with van der Waals surface area (Å²) in [5.74, 6) is 0. The third-order valence-electron chi connectivity index (χ3n) is 2.41. The zero-order valence-corrected chi connectivity index (χ0v) is 9.29. The minimum absolute atomic E-state index is 0.663. The largest absolute Gasteiger partial charge is 0.385 e. The number of anilines is 1. The summed E-state index contributed by atoms with van der Waals surface area (Å²) in [7, 11) is 0. The second-order valence-corrected chi connectivity index (χ2v) is 3.59. The maximum atomic E-state index is 8.37. The average Bonchev–Trinajstić information content (AvgIpc) is 2.30. The molecule has 0 saturated heterocycles. The first-order chi connectivity index (χ1) is 7.36. The number of unbranched alkanes of at least 4 members (excludes halogenated alkanes) is 2. The van der Waals surface area contributed by atoms with Crippen molar-refractivity contribution in [1.82, 2.24) is 0 Å². The average molecular weight is 202 g/mol. The molecule has 15 heavy (non-hydrogen) atoms. The molecule has 80 valence electrons. The van der Waals surface area contributed by atoms with Gasteiger partial charge in [-0.2, -0.15) is 5.26 Å². The van der Waals surface area contributed by atoms with E-state index in [1.807, 2.05) is 0 Å². The highest BCUT2D eigenvalue weighted by Gasteiger charge is 1.92. The second kappa shape index (κ2) is 6.89. The van der Waals surface area contributed by atoms with Gasteiger partial charge in [-0.15, -0.1) is 0 Å². The Hall–Kier alpha value is -1.49. The molecule has 2 nitrogen and oxygen atoms in total. The van der Waals surface area contributed by atoms with Crippen molar-refractivity contribution in [3.63, 3.8) is 0 Å². The molecule has 0 aliphatic heterocycles. The smallest absolute Gasteiger partial charge is 0.0621 e. The van der Waals surface area contributed by atoms with Gasteiger partial charge in [-0.1, -0.05) is 19.1 Å². The normalized spacial score (nSPS) is 9.60. The van der Waals surface area contributed by atoms with Crippen molar-refractivity contribution < 1.29 is 0 Å².